The van der Waals surface area contributed by atoms with Crippen molar-refractivity contribution in [2.45, 2.75) is 39.7 Å². The van der Waals surface area contributed by atoms with Crippen LogP contribution in [0.4, 0.5) is 0 Å². The Bertz CT molecular complexity index is 278. The number of fused-ring (bicyclic) bond motifs is 1. The first-order valence-electron chi connectivity index (χ1n) is 5.02. The highest BCUT2D eigenvalue weighted by molar-refractivity contribution is 5.35. The van der Waals surface area contributed by atoms with Crippen LogP contribution in [0, 0.1) is 6.92 Å². The average molecular weight is 178 g/mol. The number of aliphatic hydroxyl groups excluding tert-OH is 1. The van der Waals surface area contributed by atoms with Crippen molar-refractivity contribution in [2.75, 3.05) is 0 Å². The SMILES string of the molecule is CC.Cc1ccc2c(c1)CC(O)C2. The molecule has 1 nitrogen and oxygen atoms in total. The molecule has 1 unspecified atom stereocenters. The van der Waals surface area contributed by atoms with Crippen molar-refractivity contribution in [3.8, 4) is 0 Å². The van der Waals surface area contributed by atoms with Gasteiger partial charge < -0.3 is 5.11 Å². The first kappa shape index (κ1) is 10.3. The predicted octanol–water partition coefficient (Wildman–Crippen LogP) is 2.48. The van der Waals surface area contributed by atoms with Crippen molar-refractivity contribution >= 4 is 0 Å². The number of benzene rings is 1. The third kappa shape index (κ3) is 2.31. The molecular weight excluding hydrogens is 160 g/mol. The number of hydrogen-bond donors (Lipinski definition) is 1. The summed E-state index contributed by atoms with van der Waals surface area (Å²) < 4.78 is 0. The first-order chi connectivity index (χ1) is 6.25. The molecule has 0 aliphatic heterocycles. The smallest absolute Gasteiger partial charge is 0.0621 e. The maximum atomic E-state index is 9.34. The van der Waals surface area contributed by atoms with Crippen LogP contribution in [0.15, 0.2) is 18.2 Å². The highest BCUT2D eigenvalue weighted by Gasteiger charge is 2.18. The summed E-state index contributed by atoms with van der Waals surface area (Å²) in [6.07, 6.45) is 1.55. The van der Waals surface area contributed by atoms with E-state index in [9.17, 15) is 5.11 Å². The highest BCUT2D eigenvalue weighted by Crippen LogP contribution is 2.22. The topological polar surface area (TPSA) is 20.2 Å². The number of rotatable bonds is 0. The molecule has 0 spiro atoms. The van der Waals surface area contributed by atoms with Gasteiger partial charge in [0.15, 0.2) is 0 Å². The van der Waals surface area contributed by atoms with Crippen molar-refractivity contribution in [2.24, 2.45) is 0 Å². The maximum absolute atomic E-state index is 9.34. The quantitative estimate of drug-likeness (QED) is 0.647. The molecule has 2 rings (SSSR count). The third-order valence-electron chi connectivity index (χ3n) is 2.27. The van der Waals surface area contributed by atoms with Crippen molar-refractivity contribution in [1.29, 1.82) is 0 Å². The average Bonchev–Trinajstić information content (AvgIpc) is 2.48. The second kappa shape index (κ2) is 4.43. The predicted molar refractivity (Wildman–Crippen MR) is 55.9 cm³/mol. The van der Waals surface area contributed by atoms with Gasteiger partial charge in [0.25, 0.3) is 0 Å². The Hall–Kier alpha value is -0.820. The molecule has 0 saturated heterocycles. The molecule has 0 radical (unpaired) electrons. The maximum Gasteiger partial charge on any atom is 0.0621 e. The molecule has 72 valence electrons. The molecule has 0 amide bonds. The summed E-state index contributed by atoms with van der Waals surface area (Å²) in [6, 6.07) is 6.41. The molecule has 0 fully saturated rings. The Kier molecular flexibility index (Phi) is 3.49. The van der Waals surface area contributed by atoms with E-state index in [1.807, 2.05) is 13.8 Å². The summed E-state index contributed by atoms with van der Waals surface area (Å²) in [6.45, 7) is 6.09. The zero-order valence-electron chi connectivity index (χ0n) is 8.67. The normalized spacial score (nSPS) is 18.9. The van der Waals surface area contributed by atoms with Crippen molar-refractivity contribution < 1.29 is 5.11 Å². The summed E-state index contributed by atoms with van der Waals surface area (Å²) in [7, 11) is 0. The van der Waals surface area contributed by atoms with E-state index in [0.29, 0.717) is 0 Å². The Morgan fingerprint density at radius 3 is 2.46 bits per heavy atom. The fourth-order valence-electron chi connectivity index (χ4n) is 1.72. The first-order valence-corrected chi connectivity index (χ1v) is 5.02. The largest absolute Gasteiger partial charge is 0.392 e. The Labute approximate surface area is 80.4 Å². The Morgan fingerprint density at radius 1 is 1.15 bits per heavy atom. The molecule has 0 saturated carbocycles. The van der Waals surface area contributed by atoms with Crippen molar-refractivity contribution in [3.63, 3.8) is 0 Å². The minimum absolute atomic E-state index is 0.133. The van der Waals surface area contributed by atoms with E-state index < -0.39 is 0 Å². The third-order valence-corrected chi connectivity index (χ3v) is 2.27. The van der Waals surface area contributed by atoms with Crippen LogP contribution in [0.2, 0.25) is 0 Å². The molecule has 1 aliphatic carbocycles. The van der Waals surface area contributed by atoms with E-state index in [1.54, 1.807) is 0 Å². The second-order valence-corrected chi connectivity index (χ2v) is 3.33. The lowest BCUT2D eigenvalue weighted by Crippen LogP contribution is -2.03. The molecule has 0 heterocycles. The minimum atomic E-state index is -0.133. The van der Waals surface area contributed by atoms with Gasteiger partial charge >= 0.3 is 0 Å². The summed E-state index contributed by atoms with van der Waals surface area (Å²) >= 11 is 0. The highest BCUT2D eigenvalue weighted by atomic mass is 16.3. The van der Waals surface area contributed by atoms with Gasteiger partial charge in [-0.05, 0) is 30.9 Å². The van der Waals surface area contributed by atoms with Crippen molar-refractivity contribution in [3.05, 3.63) is 34.9 Å². The van der Waals surface area contributed by atoms with E-state index in [-0.39, 0.29) is 6.10 Å². The van der Waals surface area contributed by atoms with E-state index in [2.05, 4.69) is 25.1 Å². The number of hydrogen-bond acceptors (Lipinski definition) is 1. The molecule has 1 aromatic rings. The van der Waals surface area contributed by atoms with E-state index in [4.69, 9.17) is 0 Å². The van der Waals surface area contributed by atoms with Crippen LogP contribution < -0.4 is 0 Å². The van der Waals surface area contributed by atoms with Gasteiger partial charge in [0.1, 0.15) is 0 Å². The van der Waals surface area contributed by atoms with E-state index >= 15 is 0 Å². The molecule has 1 atom stereocenters. The van der Waals surface area contributed by atoms with Gasteiger partial charge in [-0.15, -0.1) is 0 Å². The molecule has 0 bridgehead atoms. The van der Waals surface area contributed by atoms with Crippen molar-refractivity contribution in [1.82, 2.24) is 0 Å². The Balaban J connectivity index is 0.000000396. The van der Waals surface area contributed by atoms with Gasteiger partial charge in [-0.25, -0.2) is 0 Å². The van der Waals surface area contributed by atoms with Crippen LogP contribution in [0.3, 0.4) is 0 Å². The lowest BCUT2D eigenvalue weighted by Gasteiger charge is -1.97. The molecular formula is C12H18O. The van der Waals surface area contributed by atoms with Gasteiger partial charge in [0.2, 0.25) is 0 Å². The summed E-state index contributed by atoms with van der Waals surface area (Å²) in [4.78, 5) is 0. The lowest BCUT2D eigenvalue weighted by molar-refractivity contribution is 0.187. The minimum Gasteiger partial charge on any atom is -0.392 e. The zero-order chi connectivity index (χ0) is 9.84. The summed E-state index contributed by atoms with van der Waals surface area (Å²) in [5.41, 5.74) is 3.94. The van der Waals surface area contributed by atoms with Crippen LogP contribution in [-0.4, -0.2) is 11.2 Å². The fourth-order valence-corrected chi connectivity index (χ4v) is 1.72. The van der Waals surface area contributed by atoms with E-state index in [1.165, 1.54) is 16.7 Å². The van der Waals surface area contributed by atoms with Crippen LogP contribution in [0.25, 0.3) is 0 Å². The molecule has 1 aromatic carbocycles. The second-order valence-electron chi connectivity index (χ2n) is 3.33. The van der Waals surface area contributed by atoms with E-state index in [0.717, 1.165) is 12.8 Å². The molecule has 1 heteroatoms. The fraction of sp³-hybridized carbons (Fsp3) is 0.500. The molecule has 1 aliphatic rings. The van der Waals surface area contributed by atoms with Crippen LogP contribution in [0.5, 0.6) is 0 Å². The van der Waals surface area contributed by atoms with Crippen LogP contribution >= 0.6 is 0 Å². The zero-order valence-corrected chi connectivity index (χ0v) is 8.67. The molecule has 0 aromatic heterocycles. The monoisotopic (exact) mass is 178 g/mol. The standard InChI is InChI=1S/C10H12O.C2H6/c1-7-2-3-8-5-10(11)6-9(8)4-7;1-2/h2-4,10-11H,5-6H2,1H3;1-2H3. The Morgan fingerprint density at radius 2 is 1.77 bits per heavy atom. The van der Waals surface area contributed by atoms with Gasteiger partial charge in [0.05, 0.1) is 6.10 Å². The number of aliphatic hydroxyl groups is 1. The van der Waals surface area contributed by atoms with Crippen LogP contribution in [0.1, 0.15) is 30.5 Å². The van der Waals surface area contributed by atoms with Crippen LogP contribution in [-0.2, 0) is 12.8 Å². The number of aryl methyl sites for hydroxylation is 1. The molecule has 1 N–H and O–H groups in total. The lowest BCUT2D eigenvalue weighted by atomic mass is 10.1. The van der Waals surface area contributed by atoms with Gasteiger partial charge in [-0.2, -0.15) is 0 Å². The van der Waals surface area contributed by atoms with Gasteiger partial charge in [-0.3, -0.25) is 0 Å². The van der Waals surface area contributed by atoms with Gasteiger partial charge in [-0.1, -0.05) is 37.6 Å². The summed E-state index contributed by atoms with van der Waals surface area (Å²) in [5.74, 6) is 0. The molecule has 13 heavy (non-hydrogen) atoms. The van der Waals surface area contributed by atoms with Gasteiger partial charge in [0, 0.05) is 0 Å². The summed E-state index contributed by atoms with van der Waals surface area (Å²) in [5, 5.41) is 9.34.